The molecule has 0 fully saturated rings. The van der Waals surface area contributed by atoms with E-state index in [0.717, 1.165) is 18.4 Å². The zero-order chi connectivity index (χ0) is 21.3. The average Bonchev–Trinajstić information content (AvgIpc) is 2.75. The van der Waals surface area contributed by atoms with Gasteiger partial charge in [0, 0.05) is 12.1 Å². The van der Waals surface area contributed by atoms with Crippen LogP contribution in [0.25, 0.3) is 10.9 Å². The number of aromatic nitrogens is 2. The van der Waals surface area contributed by atoms with Gasteiger partial charge in [-0.1, -0.05) is 18.2 Å². The molecule has 0 radical (unpaired) electrons. The molecular formula is C22H22N4O4. The molecule has 0 saturated carbocycles. The van der Waals surface area contributed by atoms with E-state index in [2.05, 4.69) is 22.4 Å². The van der Waals surface area contributed by atoms with E-state index in [1.165, 1.54) is 53.1 Å². The number of fused-ring (bicyclic) bond motifs is 2. The number of carbonyl (C=O) groups excluding carboxylic acids is 1. The highest BCUT2D eigenvalue weighted by Crippen LogP contribution is 2.24. The van der Waals surface area contributed by atoms with E-state index in [0.29, 0.717) is 5.52 Å². The molecule has 1 N–H and O–H groups in total. The van der Waals surface area contributed by atoms with Gasteiger partial charge in [-0.3, -0.25) is 24.3 Å². The summed E-state index contributed by atoms with van der Waals surface area (Å²) in [4.78, 5) is 39.8. The topological polar surface area (TPSA) is 107 Å². The van der Waals surface area contributed by atoms with E-state index in [9.17, 15) is 19.7 Å². The Morgan fingerprint density at radius 1 is 1.20 bits per heavy atom. The van der Waals surface area contributed by atoms with Gasteiger partial charge in [-0.05, 0) is 55.4 Å². The molecule has 0 bridgehead atoms. The molecule has 8 heteroatoms. The van der Waals surface area contributed by atoms with Crippen LogP contribution in [0.2, 0.25) is 0 Å². The number of nitro benzene ring substituents is 1. The van der Waals surface area contributed by atoms with Crippen molar-refractivity contribution in [1.29, 1.82) is 0 Å². The summed E-state index contributed by atoms with van der Waals surface area (Å²) in [6.07, 6.45) is 5.86. The SMILES string of the molecule is C[C@H](NC(=O)Cn1cnc2ccc([N+](=O)[O-])cc2c1=O)c1ccc2c(c1)CCCC2. The fourth-order valence-electron chi connectivity index (χ4n) is 3.92. The Balaban J connectivity index is 1.51. The Morgan fingerprint density at radius 2 is 1.97 bits per heavy atom. The highest BCUT2D eigenvalue weighted by atomic mass is 16.6. The molecule has 2 aromatic carbocycles. The number of nitrogens with one attached hydrogen (secondary N) is 1. The molecule has 30 heavy (non-hydrogen) atoms. The normalized spacial score (nSPS) is 14.2. The van der Waals surface area contributed by atoms with Crippen LogP contribution < -0.4 is 10.9 Å². The summed E-state index contributed by atoms with van der Waals surface area (Å²) in [7, 11) is 0. The molecule has 154 valence electrons. The van der Waals surface area contributed by atoms with Crippen LogP contribution in [0.5, 0.6) is 0 Å². The van der Waals surface area contributed by atoms with Crippen LogP contribution in [-0.4, -0.2) is 20.4 Å². The van der Waals surface area contributed by atoms with Crippen molar-refractivity contribution in [1.82, 2.24) is 14.9 Å². The van der Waals surface area contributed by atoms with E-state index in [4.69, 9.17) is 0 Å². The van der Waals surface area contributed by atoms with Crippen molar-refractivity contribution < 1.29 is 9.72 Å². The lowest BCUT2D eigenvalue weighted by Crippen LogP contribution is -2.34. The number of nitrogens with zero attached hydrogens (tertiary/aromatic N) is 3. The van der Waals surface area contributed by atoms with Crippen LogP contribution in [0.3, 0.4) is 0 Å². The molecule has 1 aliphatic rings. The number of rotatable bonds is 5. The molecular weight excluding hydrogens is 384 g/mol. The van der Waals surface area contributed by atoms with E-state index < -0.39 is 10.5 Å². The van der Waals surface area contributed by atoms with E-state index in [1.807, 2.05) is 13.0 Å². The summed E-state index contributed by atoms with van der Waals surface area (Å²) in [5, 5.41) is 14.0. The van der Waals surface area contributed by atoms with Gasteiger partial charge in [0.05, 0.1) is 28.2 Å². The van der Waals surface area contributed by atoms with E-state index >= 15 is 0 Å². The fourth-order valence-corrected chi connectivity index (χ4v) is 3.92. The zero-order valence-electron chi connectivity index (χ0n) is 16.6. The van der Waals surface area contributed by atoms with Crippen molar-refractivity contribution in [2.75, 3.05) is 0 Å². The predicted octanol–water partition coefficient (Wildman–Crippen LogP) is 3.06. The number of benzene rings is 2. The second-order valence-corrected chi connectivity index (χ2v) is 7.66. The van der Waals surface area contributed by atoms with Gasteiger partial charge < -0.3 is 5.32 Å². The molecule has 0 unspecified atom stereocenters. The summed E-state index contributed by atoms with van der Waals surface area (Å²) in [6.45, 7) is 1.70. The number of carbonyl (C=O) groups is 1. The summed E-state index contributed by atoms with van der Waals surface area (Å²) in [6, 6.07) is 10.0. The van der Waals surface area contributed by atoms with Gasteiger partial charge >= 0.3 is 0 Å². The number of non-ortho nitro benzene ring substituents is 1. The maximum Gasteiger partial charge on any atom is 0.270 e. The third-order valence-corrected chi connectivity index (χ3v) is 5.58. The monoisotopic (exact) mass is 406 g/mol. The molecule has 1 aliphatic carbocycles. The van der Waals surface area contributed by atoms with Crippen LogP contribution in [0.4, 0.5) is 5.69 Å². The average molecular weight is 406 g/mol. The van der Waals surface area contributed by atoms with Crippen molar-refractivity contribution >= 4 is 22.5 Å². The van der Waals surface area contributed by atoms with Gasteiger partial charge in [0.2, 0.25) is 5.91 Å². The minimum atomic E-state index is -0.566. The second-order valence-electron chi connectivity index (χ2n) is 7.66. The first kappa shape index (κ1) is 19.8. The van der Waals surface area contributed by atoms with Crippen LogP contribution in [0, 0.1) is 10.1 Å². The third-order valence-electron chi connectivity index (χ3n) is 5.58. The number of hydrogen-bond acceptors (Lipinski definition) is 5. The molecule has 8 nitrogen and oxygen atoms in total. The van der Waals surface area contributed by atoms with Gasteiger partial charge in [0.25, 0.3) is 11.2 Å². The van der Waals surface area contributed by atoms with Crippen molar-refractivity contribution in [2.45, 2.75) is 45.2 Å². The Kier molecular flexibility index (Phi) is 5.31. The van der Waals surface area contributed by atoms with E-state index in [1.54, 1.807) is 0 Å². The summed E-state index contributed by atoms with van der Waals surface area (Å²) in [5.74, 6) is -0.325. The molecule has 1 atom stereocenters. The largest absolute Gasteiger partial charge is 0.348 e. The lowest BCUT2D eigenvalue weighted by molar-refractivity contribution is -0.384. The summed E-state index contributed by atoms with van der Waals surface area (Å²) >= 11 is 0. The van der Waals surface area contributed by atoms with Gasteiger partial charge in [-0.15, -0.1) is 0 Å². The maximum atomic E-state index is 12.7. The molecule has 0 spiro atoms. The first-order chi connectivity index (χ1) is 14.4. The first-order valence-corrected chi connectivity index (χ1v) is 9.97. The van der Waals surface area contributed by atoms with Crippen LogP contribution in [0.15, 0.2) is 47.5 Å². The Bertz CT molecular complexity index is 1200. The van der Waals surface area contributed by atoms with Crippen molar-refractivity contribution in [3.63, 3.8) is 0 Å². The number of amides is 1. The zero-order valence-corrected chi connectivity index (χ0v) is 16.6. The van der Waals surface area contributed by atoms with Crippen LogP contribution in [0.1, 0.15) is 42.5 Å². The standard InChI is InChI=1S/C22H22N4O4/c1-14(16-7-6-15-4-2-3-5-17(15)10-16)24-21(27)12-25-13-23-20-9-8-18(26(29)30)11-19(20)22(25)28/h6-11,13-14H,2-5,12H2,1H3,(H,24,27)/t14-/m0/s1. The van der Waals surface area contributed by atoms with Gasteiger partial charge in [-0.25, -0.2) is 4.98 Å². The molecule has 4 rings (SSSR count). The summed E-state index contributed by atoms with van der Waals surface area (Å²) in [5.41, 5.74) is 3.43. The van der Waals surface area contributed by atoms with Crippen molar-refractivity contribution in [3.8, 4) is 0 Å². The quantitative estimate of drug-likeness (QED) is 0.518. The van der Waals surface area contributed by atoms with Gasteiger partial charge in [0.1, 0.15) is 6.54 Å². The molecule has 1 amide bonds. The minimum Gasteiger partial charge on any atom is -0.348 e. The third kappa shape index (κ3) is 3.94. The number of aryl methyl sites for hydroxylation is 2. The van der Waals surface area contributed by atoms with Crippen molar-refractivity contribution in [2.24, 2.45) is 0 Å². The molecule has 0 saturated heterocycles. The molecule has 1 heterocycles. The molecule has 1 aromatic heterocycles. The molecule has 0 aliphatic heterocycles. The fraction of sp³-hybridized carbons (Fsp3) is 0.318. The smallest absolute Gasteiger partial charge is 0.270 e. The maximum absolute atomic E-state index is 12.7. The van der Waals surface area contributed by atoms with E-state index in [-0.39, 0.29) is 29.6 Å². The highest BCUT2D eigenvalue weighted by molar-refractivity contribution is 5.81. The number of nitro groups is 1. The van der Waals surface area contributed by atoms with Crippen LogP contribution >= 0.6 is 0 Å². The number of hydrogen-bond donors (Lipinski definition) is 1. The Morgan fingerprint density at radius 3 is 2.73 bits per heavy atom. The van der Waals surface area contributed by atoms with Crippen LogP contribution in [-0.2, 0) is 24.2 Å². The van der Waals surface area contributed by atoms with Gasteiger partial charge in [0.15, 0.2) is 0 Å². The molecule has 3 aromatic rings. The Labute approximate surface area is 172 Å². The summed E-state index contributed by atoms with van der Waals surface area (Å²) < 4.78 is 1.17. The lowest BCUT2D eigenvalue weighted by atomic mass is 9.89. The minimum absolute atomic E-state index is 0.113. The first-order valence-electron chi connectivity index (χ1n) is 9.97. The van der Waals surface area contributed by atoms with Gasteiger partial charge in [-0.2, -0.15) is 0 Å². The Hall–Kier alpha value is -3.55. The lowest BCUT2D eigenvalue weighted by Gasteiger charge is -2.20. The van der Waals surface area contributed by atoms with Crippen molar-refractivity contribution in [3.05, 3.63) is 79.9 Å². The highest BCUT2D eigenvalue weighted by Gasteiger charge is 2.16. The second kappa shape index (κ2) is 8.06. The predicted molar refractivity (Wildman–Crippen MR) is 112 cm³/mol.